The Kier molecular flexibility index (Phi) is 8.58. The van der Waals surface area contributed by atoms with Gasteiger partial charge in [0.15, 0.2) is 0 Å². The number of aromatic nitrogens is 1. The third kappa shape index (κ3) is 5.65. The van der Waals surface area contributed by atoms with E-state index >= 15 is 0 Å². The molecule has 5 heteroatoms. The second kappa shape index (κ2) is 9.97. The molecule has 20 heavy (non-hydrogen) atoms. The zero-order chi connectivity index (χ0) is 14.8. The van der Waals surface area contributed by atoms with Crippen molar-refractivity contribution in [1.82, 2.24) is 4.98 Å². The maximum Gasteiger partial charge on any atom is 0.128 e. The number of aryl methyl sites for hydroxylation is 1. The molecular formula is C15H25ClN2O2. The van der Waals surface area contributed by atoms with Gasteiger partial charge in [0.1, 0.15) is 5.82 Å². The Morgan fingerprint density at radius 3 is 2.15 bits per heavy atom. The summed E-state index contributed by atoms with van der Waals surface area (Å²) in [4.78, 5) is 6.82. The molecule has 0 bridgehead atoms. The lowest BCUT2D eigenvalue weighted by Crippen LogP contribution is -2.32. The van der Waals surface area contributed by atoms with Gasteiger partial charge in [0.2, 0.25) is 0 Å². The highest BCUT2D eigenvalue weighted by Gasteiger charge is 2.09. The first-order valence-corrected chi connectivity index (χ1v) is 7.69. The van der Waals surface area contributed by atoms with Crippen LogP contribution in [0.5, 0.6) is 0 Å². The van der Waals surface area contributed by atoms with E-state index in [1.54, 1.807) is 0 Å². The summed E-state index contributed by atoms with van der Waals surface area (Å²) in [6, 6.07) is 4.06. The van der Waals surface area contributed by atoms with Crippen LogP contribution in [0.2, 0.25) is 0 Å². The van der Waals surface area contributed by atoms with Crippen LogP contribution < -0.4 is 4.90 Å². The molecule has 1 aromatic rings. The molecule has 0 aromatic carbocycles. The summed E-state index contributed by atoms with van der Waals surface area (Å²) < 4.78 is 10.9. The predicted octanol–water partition coefficient (Wildman–Crippen LogP) is 3.01. The highest BCUT2D eigenvalue weighted by Crippen LogP contribution is 2.16. The minimum atomic E-state index is 0.497. The molecule has 0 saturated carbocycles. The Balaban J connectivity index is 2.71. The molecule has 0 N–H and O–H groups in total. The summed E-state index contributed by atoms with van der Waals surface area (Å²) in [6.07, 6.45) is 0. The second-order valence-corrected chi connectivity index (χ2v) is 4.70. The van der Waals surface area contributed by atoms with Gasteiger partial charge in [-0.25, -0.2) is 4.98 Å². The molecule has 0 fully saturated rings. The van der Waals surface area contributed by atoms with Crippen molar-refractivity contribution in [1.29, 1.82) is 0 Å². The predicted molar refractivity (Wildman–Crippen MR) is 83.7 cm³/mol. The normalized spacial score (nSPS) is 10.8. The monoisotopic (exact) mass is 300 g/mol. The molecule has 0 atom stereocenters. The Bertz CT molecular complexity index is 378. The van der Waals surface area contributed by atoms with Gasteiger partial charge in [-0.2, -0.15) is 0 Å². The molecule has 0 aliphatic carbocycles. The highest BCUT2D eigenvalue weighted by molar-refractivity contribution is 6.17. The van der Waals surface area contributed by atoms with Crippen molar-refractivity contribution in [2.75, 3.05) is 44.4 Å². The molecule has 0 radical (unpaired) electrons. The van der Waals surface area contributed by atoms with Crippen molar-refractivity contribution in [3.63, 3.8) is 0 Å². The molecule has 114 valence electrons. The van der Waals surface area contributed by atoms with E-state index in [0.717, 1.165) is 43.4 Å². The number of halogens is 1. The lowest BCUT2D eigenvalue weighted by Gasteiger charge is -2.24. The third-order valence-corrected chi connectivity index (χ3v) is 3.36. The molecule has 1 heterocycles. The Labute approximate surface area is 127 Å². The van der Waals surface area contributed by atoms with E-state index in [2.05, 4.69) is 9.88 Å². The van der Waals surface area contributed by atoms with Gasteiger partial charge in [0, 0.05) is 37.9 Å². The Morgan fingerprint density at radius 2 is 1.70 bits per heavy atom. The topological polar surface area (TPSA) is 34.6 Å². The Hall–Kier alpha value is -0.840. The Morgan fingerprint density at radius 1 is 1.10 bits per heavy atom. The van der Waals surface area contributed by atoms with E-state index in [1.165, 1.54) is 0 Å². The standard InChI is InChI=1S/C15H25ClN2O2/c1-4-19-10-8-18(9-11-20-5-2)15-7-6-14(12-16)13(3)17-15/h6-7H,4-5,8-12H2,1-3H3. The number of alkyl halides is 1. The van der Waals surface area contributed by atoms with E-state index in [1.807, 2.05) is 32.9 Å². The number of hydrogen-bond donors (Lipinski definition) is 0. The summed E-state index contributed by atoms with van der Waals surface area (Å²) in [5.74, 6) is 1.45. The summed E-state index contributed by atoms with van der Waals surface area (Å²) >= 11 is 5.88. The molecule has 0 aliphatic heterocycles. The van der Waals surface area contributed by atoms with Crippen LogP contribution in [0.3, 0.4) is 0 Å². The van der Waals surface area contributed by atoms with Gasteiger partial charge in [0.05, 0.1) is 13.2 Å². The van der Waals surface area contributed by atoms with Gasteiger partial charge in [0.25, 0.3) is 0 Å². The van der Waals surface area contributed by atoms with Crippen LogP contribution >= 0.6 is 11.6 Å². The smallest absolute Gasteiger partial charge is 0.128 e. The number of hydrogen-bond acceptors (Lipinski definition) is 4. The summed E-state index contributed by atoms with van der Waals surface area (Å²) in [5.41, 5.74) is 2.06. The van der Waals surface area contributed by atoms with Crippen LogP contribution in [0.15, 0.2) is 12.1 Å². The average Bonchev–Trinajstić information content (AvgIpc) is 2.46. The molecule has 1 aromatic heterocycles. The van der Waals surface area contributed by atoms with Crippen LogP contribution in [-0.2, 0) is 15.4 Å². The third-order valence-electron chi connectivity index (χ3n) is 3.07. The van der Waals surface area contributed by atoms with Crippen LogP contribution in [0.1, 0.15) is 25.1 Å². The molecule has 4 nitrogen and oxygen atoms in total. The first-order chi connectivity index (χ1) is 9.72. The summed E-state index contributed by atoms with van der Waals surface area (Å²) in [6.45, 7) is 10.5. The molecule has 0 unspecified atom stereocenters. The first kappa shape index (κ1) is 17.2. The van der Waals surface area contributed by atoms with Gasteiger partial charge in [-0.15, -0.1) is 11.6 Å². The number of pyridine rings is 1. The SMILES string of the molecule is CCOCCN(CCOCC)c1ccc(CCl)c(C)n1. The lowest BCUT2D eigenvalue weighted by atomic mass is 10.2. The lowest BCUT2D eigenvalue weighted by molar-refractivity contribution is 0.141. The van der Waals surface area contributed by atoms with E-state index < -0.39 is 0 Å². The molecule has 1 rings (SSSR count). The van der Waals surface area contributed by atoms with E-state index in [4.69, 9.17) is 21.1 Å². The van der Waals surface area contributed by atoms with Crippen LogP contribution in [0.25, 0.3) is 0 Å². The molecular weight excluding hydrogens is 276 g/mol. The zero-order valence-electron chi connectivity index (χ0n) is 12.7. The minimum Gasteiger partial charge on any atom is -0.380 e. The van der Waals surface area contributed by atoms with Crippen LogP contribution in [0.4, 0.5) is 5.82 Å². The highest BCUT2D eigenvalue weighted by atomic mass is 35.5. The van der Waals surface area contributed by atoms with E-state index in [9.17, 15) is 0 Å². The fourth-order valence-electron chi connectivity index (χ4n) is 1.87. The van der Waals surface area contributed by atoms with Gasteiger partial charge >= 0.3 is 0 Å². The van der Waals surface area contributed by atoms with E-state index in [0.29, 0.717) is 19.1 Å². The quantitative estimate of drug-likeness (QED) is 0.491. The van der Waals surface area contributed by atoms with Crippen molar-refractivity contribution in [3.05, 3.63) is 23.4 Å². The average molecular weight is 301 g/mol. The largest absolute Gasteiger partial charge is 0.380 e. The van der Waals surface area contributed by atoms with Crippen molar-refractivity contribution >= 4 is 17.4 Å². The minimum absolute atomic E-state index is 0.497. The van der Waals surface area contributed by atoms with Crippen LogP contribution in [-0.4, -0.2) is 44.5 Å². The second-order valence-electron chi connectivity index (χ2n) is 4.43. The maximum absolute atomic E-state index is 5.88. The maximum atomic E-state index is 5.88. The van der Waals surface area contributed by atoms with Gasteiger partial charge < -0.3 is 14.4 Å². The number of rotatable bonds is 10. The van der Waals surface area contributed by atoms with Crippen LogP contribution in [0, 0.1) is 6.92 Å². The van der Waals surface area contributed by atoms with Gasteiger partial charge in [-0.3, -0.25) is 0 Å². The zero-order valence-corrected chi connectivity index (χ0v) is 13.4. The van der Waals surface area contributed by atoms with E-state index in [-0.39, 0.29) is 0 Å². The van der Waals surface area contributed by atoms with Crippen molar-refractivity contribution in [2.45, 2.75) is 26.7 Å². The number of nitrogens with zero attached hydrogens (tertiary/aromatic N) is 2. The molecule has 0 saturated heterocycles. The fraction of sp³-hybridized carbons (Fsp3) is 0.667. The van der Waals surface area contributed by atoms with Crippen molar-refractivity contribution in [3.8, 4) is 0 Å². The number of ether oxygens (including phenoxy) is 2. The molecule has 0 spiro atoms. The molecule has 0 amide bonds. The number of anilines is 1. The molecule has 0 aliphatic rings. The van der Waals surface area contributed by atoms with Crippen molar-refractivity contribution in [2.24, 2.45) is 0 Å². The fourth-order valence-corrected chi connectivity index (χ4v) is 2.16. The first-order valence-electron chi connectivity index (χ1n) is 7.15. The van der Waals surface area contributed by atoms with Crippen molar-refractivity contribution < 1.29 is 9.47 Å². The summed E-state index contributed by atoms with van der Waals surface area (Å²) in [7, 11) is 0. The van der Waals surface area contributed by atoms with Gasteiger partial charge in [-0.1, -0.05) is 6.07 Å². The van der Waals surface area contributed by atoms with Gasteiger partial charge in [-0.05, 0) is 32.4 Å². The summed E-state index contributed by atoms with van der Waals surface area (Å²) in [5, 5.41) is 0.